The van der Waals surface area contributed by atoms with Gasteiger partial charge in [-0.05, 0) is 44.7 Å². The first-order valence-corrected chi connectivity index (χ1v) is 13.1. The maximum atomic E-state index is 13.8. The van der Waals surface area contributed by atoms with E-state index in [0.717, 1.165) is 38.5 Å². The van der Waals surface area contributed by atoms with E-state index >= 15 is 0 Å². The molecule has 5 rings (SSSR count). The van der Waals surface area contributed by atoms with E-state index < -0.39 is 28.7 Å². The molecule has 33 heavy (non-hydrogen) atoms. The van der Waals surface area contributed by atoms with Crippen molar-refractivity contribution < 1.29 is 19.5 Å². The molecule has 0 aromatic heterocycles. The summed E-state index contributed by atoms with van der Waals surface area (Å²) in [5, 5.41) is 16.2. The van der Waals surface area contributed by atoms with Gasteiger partial charge in [-0.3, -0.25) is 14.4 Å². The molecule has 1 spiro atoms. The molecule has 8 heteroatoms. The van der Waals surface area contributed by atoms with Crippen molar-refractivity contribution in [2.75, 3.05) is 11.9 Å². The van der Waals surface area contributed by atoms with Gasteiger partial charge in [-0.2, -0.15) is 0 Å². The number of likely N-dealkylation sites (tertiary alicyclic amines) is 1. The Balaban J connectivity index is 1.44. The molecule has 1 aromatic carbocycles. The highest BCUT2D eigenvalue weighted by Crippen LogP contribution is 2.66. The molecule has 3 aliphatic heterocycles. The summed E-state index contributed by atoms with van der Waals surface area (Å²) in [4.78, 5) is 42.5. The van der Waals surface area contributed by atoms with E-state index in [2.05, 4.69) is 10.6 Å². The zero-order valence-corrected chi connectivity index (χ0v) is 19.9. The normalized spacial score (nSPS) is 34.2. The molecular weight excluding hydrogens is 438 g/mol. The molecule has 178 valence electrons. The van der Waals surface area contributed by atoms with E-state index in [1.807, 2.05) is 30.3 Å². The lowest BCUT2D eigenvalue weighted by Crippen LogP contribution is -2.57. The van der Waals surface area contributed by atoms with Gasteiger partial charge in [0.25, 0.3) is 0 Å². The summed E-state index contributed by atoms with van der Waals surface area (Å²) in [5.74, 6) is -1.44. The van der Waals surface area contributed by atoms with Crippen molar-refractivity contribution in [1.29, 1.82) is 0 Å². The first-order chi connectivity index (χ1) is 16.0. The monoisotopic (exact) mass is 471 g/mol. The quantitative estimate of drug-likeness (QED) is 0.592. The fourth-order valence-electron chi connectivity index (χ4n) is 6.53. The number of fused-ring (bicyclic) bond motifs is 1. The number of aliphatic hydroxyl groups excluding tert-OH is 1. The number of benzene rings is 1. The van der Waals surface area contributed by atoms with Crippen molar-refractivity contribution in [2.24, 2.45) is 11.8 Å². The second kappa shape index (κ2) is 8.95. The average Bonchev–Trinajstić information content (AvgIpc) is 3.47. The van der Waals surface area contributed by atoms with Crippen LogP contribution in [0.15, 0.2) is 30.3 Å². The Kier molecular flexibility index (Phi) is 6.16. The Morgan fingerprint density at radius 3 is 2.58 bits per heavy atom. The standard InChI is InChI=1S/C25H33N3O4S/c1-15(14-29)28-21(23(31)27-17-10-6-3-7-11-17)25-13-12-18(33-25)19(20(25)24(28)32)22(30)26-16-8-4-2-5-9-16/h2,4-5,8-9,15,17-21,29H,3,6-7,10-14H2,1H3,(H,26,30)(H,27,31)/t15-,18-,19+,20+,21?,25?/m1/s1. The molecule has 0 radical (unpaired) electrons. The van der Waals surface area contributed by atoms with Gasteiger partial charge in [0.2, 0.25) is 17.7 Å². The van der Waals surface area contributed by atoms with E-state index in [1.165, 1.54) is 6.42 Å². The molecule has 4 fully saturated rings. The van der Waals surface area contributed by atoms with Gasteiger partial charge in [0, 0.05) is 17.0 Å². The van der Waals surface area contributed by atoms with Gasteiger partial charge in [-0.15, -0.1) is 11.8 Å². The molecular formula is C25H33N3O4S. The lowest BCUT2D eigenvalue weighted by Gasteiger charge is -2.37. The third-order valence-electron chi connectivity index (χ3n) is 8.02. The lowest BCUT2D eigenvalue weighted by atomic mass is 9.70. The predicted molar refractivity (Wildman–Crippen MR) is 128 cm³/mol. The van der Waals surface area contributed by atoms with Crippen LogP contribution in [0.4, 0.5) is 5.69 Å². The molecule has 2 unspecified atom stereocenters. The van der Waals surface area contributed by atoms with Crippen LogP contribution < -0.4 is 10.6 Å². The number of anilines is 1. The van der Waals surface area contributed by atoms with Crippen LogP contribution in [0.5, 0.6) is 0 Å². The van der Waals surface area contributed by atoms with Gasteiger partial charge in [0.15, 0.2) is 0 Å². The molecule has 1 saturated carbocycles. The zero-order valence-electron chi connectivity index (χ0n) is 19.0. The molecule has 3 saturated heterocycles. The minimum absolute atomic E-state index is 0.0271. The molecule has 2 bridgehead atoms. The predicted octanol–water partition coefficient (Wildman–Crippen LogP) is 2.55. The smallest absolute Gasteiger partial charge is 0.244 e. The van der Waals surface area contributed by atoms with Crippen LogP contribution in [0, 0.1) is 11.8 Å². The maximum Gasteiger partial charge on any atom is 0.244 e. The summed E-state index contributed by atoms with van der Waals surface area (Å²) < 4.78 is -0.609. The number of amides is 3. The van der Waals surface area contributed by atoms with E-state index in [-0.39, 0.29) is 35.6 Å². The van der Waals surface area contributed by atoms with Crippen LogP contribution in [0.25, 0.3) is 0 Å². The van der Waals surface area contributed by atoms with E-state index in [9.17, 15) is 19.5 Å². The first-order valence-electron chi connectivity index (χ1n) is 12.2. The summed E-state index contributed by atoms with van der Waals surface area (Å²) in [6, 6.07) is 8.32. The molecule has 4 aliphatic rings. The number of thioether (sulfide) groups is 1. The van der Waals surface area contributed by atoms with E-state index in [1.54, 1.807) is 23.6 Å². The molecule has 3 N–H and O–H groups in total. The number of nitrogens with one attached hydrogen (secondary N) is 2. The second-order valence-corrected chi connectivity index (χ2v) is 11.6. The molecule has 3 heterocycles. The van der Waals surface area contributed by atoms with Crippen molar-refractivity contribution >= 4 is 35.2 Å². The summed E-state index contributed by atoms with van der Waals surface area (Å²) >= 11 is 1.66. The second-order valence-electron chi connectivity index (χ2n) is 10.0. The van der Waals surface area contributed by atoms with Crippen molar-refractivity contribution in [1.82, 2.24) is 10.2 Å². The van der Waals surface area contributed by atoms with Crippen molar-refractivity contribution in [2.45, 2.75) is 80.0 Å². The Bertz CT molecular complexity index is 921. The molecule has 7 nitrogen and oxygen atoms in total. The highest BCUT2D eigenvalue weighted by atomic mass is 32.2. The number of carbonyl (C=O) groups is 3. The fourth-order valence-corrected chi connectivity index (χ4v) is 8.73. The van der Waals surface area contributed by atoms with Gasteiger partial charge in [-0.25, -0.2) is 0 Å². The number of para-hydroxylation sites is 1. The first kappa shape index (κ1) is 22.7. The third kappa shape index (κ3) is 3.75. The van der Waals surface area contributed by atoms with E-state index in [0.29, 0.717) is 5.69 Å². The van der Waals surface area contributed by atoms with Crippen LogP contribution in [0.2, 0.25) is 0 Å². The van der Waals surface area contributed by atoms with Crippen LogP contribution in [-0.2, 0) is 14.4 Å². The van der Waals surface area contributed by atoms with Gasteiger partial charge >= 0.3 is 0 Å². The summed E-state index contributed by atoms with van der Waals surface area (Å²) in [7, 11) is 0. The number of aliphatic hydroxyl groups is 1. The van der Waals surface area contributed by atoms with Crippen molar-refractivity contribution in [3.63, 3.8) is 0 Å². The number of nitrogens with zero attached hydrogens (tertiary/aromatic N) is 1. The summed E-state index contributed by atoms with van der Waals surface area (Å²) in [5.41, 5.74) is 0.710. The van der Waals surface area contributed by atoms with Crippen LogP contribution in [0.1, 0.15) is 51.9 Å². The highest BCUT2D eigenvalue weighted by Gasteiger charge is 2.74. The van der Waals surface area contributed by atoms with Crippen LogP contribution in [-0.4, -0.2) is 62.5 Å². The van der Waals surface area contributed by atoms with Gasteiger partial charge < -0.3 is 20.6 Å². The Morgan fingerprint density at radius 2 is 1.88 bits per heavy atom. The minimum atomic E-state index is -0.649. The zero-order chi connectivity index (χ0) is 23.2. The van der Waals surface area contributed by atoms with Crippen LogP contribution >= 0.6 is 11.8 Å². The SMILES string of the molecule is C[C@H](CO)N1C(=O)[C@@H]2[C@@H](C(=O)Nc3ccccc3)[C@H]3CCC2(S3)C1C(=O)NC1CCCCC1. The topological polar surface area (TPSA) is 98.7 Å². The van der Waals surface area contributed by atoms with Gasteiger partial charge in [0.1, 0.15) is 6.04 Å². The highest BCUT2D eigenvalue weighted by molar-refractivity contribution is 8.02. The Morgan fingerprint density at radius 1 is 1.15 bits per heavy atom. The molecule has 6 atom stereocenters. The van der Waals surface area contributed by atoms with Crippen molar-refractivity contribution in [3.05, 3.63) is 30.3 Å². The summed E-state index contributed by atoms with van der Waals surface area (Å²) in [6.45, 7) is 1.57. The number of rotatable bonds is 6. The maximum absolute atomic E-state index is 13.8. The molecule has 1 aromatic rings. The third-order valence-corrected chi connectivity index (χ3v) is 9.97. The molecule has 1 aliphatic carbocycles. The lowest BCUT2D eigenvalue weighted by molar-refractivity contribution is -0.141. The summed E-state index contributed by atoms with van der Waals surface area (Å²) in [6.07, 6.45) is 6.91. The fraction of sp³-hybridized carbons (Fsp3) is 0.640. The Hall–Kier alpha value is -2.06. The number of carbonyl (C=O) groups excluding carboxylic acids is 3. The van der Waals surface area contributed by atoms with Crippen LogP contribution in [0.3, 0.4) is 0 Å². The Labute approximate surface area is 199 Å². The number of hydrogen-bond donors (Lipinski definition) is 3. The number of hydrogen-bond acceptors (Lipinski definition) is 5. The van der Waals surface area contributed by atoms with E-state index in [4.69, 9.17) is 0 Å². The average molecular weight is 472 g/mol. The largest absolute Gasteiger partial charge is 0.394 e. The minimum Gasteiger partial charge on any atom is -0.394 e. The van der Waals surface area contributed by atoms with Gasteiger partial charge in [-0.1, -0.05) is 37.5 Å². The molecule has 3 amide bonds. The van der Waals surface area contributed by atoms with Crippen molar-refractivity contribution in [3.8, 4) is 0 Å². The van der Waals surface area contributed by atoms with Gasteiger partial charge in [0.05, 0.1) is 29.2 Å².